The summed E-state index contributed by atoms with van der Waals surface area (Å²) in [6, 6.07) is 0. The number of anilines is 3. The lowest BCUT2D eigenvalue weighted by Crippen LogP contribution is -2.29. The molecule has 1 rings (SSSR count). The SMILES string of the molecule is C=C(C)C(=O)OCCCCNc1nc(N)nc(N(CCCCOC(=O)C(=C)C)CCCCOC(=O)C(=C)C)n1. The van der Waals surface area contributed by atoms with E-state index >= 15 is 0 Å². The molecule has 0 atom stereocenters. The first kappa shape index (κ1) is 33.1. The number of hydrogen-bond acceptors (Lipinski definition) is 12. The van der Waals surface area contributed by atoms with Crippen LogP contribution in [-0.4, -0.2) is 72.3 Å². The minimum absolute atomic E-state index is 0.0775. The zero-order chi connectivity index (χ0) is 29.2. The van der Waals surface area contributed by atoms with E-state index in [4.69, 9.17) is 19.9 Å². The summed E-state index contributed by atoms with van der Waals surface area (Å²) >= 11 is 0. The second-order valence-electron chi connectivity index (χ2n) is 9.10. The quantitative estimate of drug-likeness (QED) is 0.106. The van der Waals surface area contributed by atoms with Gasteiger partial charge in [0.05, 0.1) is 19.8 Å². The molecule has 39 heavy (non-hydrogen) atoms. The van der Waals surface area contributed by atoms with Crippen molar-refractivity contribution in [2.24, 2.45) is 0 Å². The Hall–Kier alpha value is -3.96. The molecule has 0 aromatic carbocycles. The summed E-state index contributed by atoms with van der Waals surface area (Å²) in [4.78, 5) is 49.6. The normalized spacial score (nSPS) is 10.3. The summed E-state index contributed by atoms with van der Waals surface area (Å²) in [5, 5.41) is 3.13. The number of rotatable bonds is 20. The Kier molecular flexibility index (Phi) is 15.5. The predicted octanol–water partition coefficient (Wildman–Crippen LogP) is 3.37. The van der Waals surface area contributed by atoms with Gasteiger partial charge in [-0.05, 0) is 59.3 Å². The van der Waals surface area contributed by atoms with Gasteiger partial charge in [0.1, 0.15) is 0 Å². The summed E-state index contributed by atoms with van der Waals surface area (Å²) < 4.78 is 15.4. The van der Waals surface area contributed by atoms with E-state index in [9.17, 15) is 14.4 Å². The summed E-state index contributed by atoms with van der Waals surface area (Å²) in [6.45, 7) is 18.1. The van der Waals surface area contributed by atoms with Crippen molar-refractivity contribution in [3.8, 4) is 0 Å². The number of esters is 3. The van der Waals surface area contributed by atoms with Crippen molar-refractivity contribution in [1.29, 1.82) is 0 Å². The van der Waals surface area contributed by atoms with E-state index < -0.39 is 17.9 Å². The molecular formula is C27H42N6O6. The molecule has 0 saturated heterocycles. The second kappa shape index (κ2) is 18.3. The number of hydrogen-bond donors (Lipinski definition) is 2. The molecule has 0 aliphatic rings. The number of nitrogens with one attached hydrogen (secondary N) is 1. The van der Waals surface area contributed by atoms with Crippen molar-refractivity contribution in [1.82, 2.24) is 15.0 Å². The van der Waals surface area contributed by atoms with Gasteiger partial charge in [-0.15, -0.1) is 0 Å². The van der Waals surface area contributed by atoms with Gasteiger partial charge in [-0.3, -0.25) is 0 Å². The van der Waals surface area contributed by atoms with E-state index in [-0.39, 0.29) is 19.2 Å². The molecule has 0 fully saturated rings. The predicted molar refractivity (Wildman–Crippen MR) is 150 cm³/mol. The first-order valence-corrected chi connectivity index (χ1v) is 13.0. The average molecular weight is 547 g/mol. The van der Waals surface area contributed by atoms with Crippen LogP contribution in [0.2, 0.25) is 0 Å². The van der Waals surface area contributed by atoms with Crippen LogP contribution in [0.15, 0.2) is 36.5 Å². The monoisotopic (exact) mass is 546 g/mol. The zero-order valence-electron chi connectivity index (χ0n) is 23.4. The van der Waals surface area contributed by atoms with E-state index in [2.05, 4.69) is 40.0 Å². The molecule has 1 heterocycles. The highest BCUT2D eigenvalue weighted by Crippen LogP contribution is 2.15. The summed E-state index contributed by atoms with van der Waals surface area (Å²) in [7, 11) is 0. The number of carbonyl (C=O) groups excluding carboxylic acids is 3. The molecule has 216 valence electrons. The summed E-state index contributed by atoms with van der Waals surface area (Å²) in [6.07, 6.45) is 4.11. The Morgan fingerprint density at radius 2 is 1.15 bits per heavy atom. The molecule has 0 saturated carbocycles. The molecule has 0 amide bonds. The third-order valence-electron chi connectivity index (χ3n) is 5.17. The number of nitrogens with two attached hydrogens (primary N) is 1. The van der Waals surface area contributed by atoms with Gasteiger partial charge in [0.15, 0.2) is 0 Å². The highest BCUT2D eigenvalue weighted by atomic mass is 16.5. The molecule has 0 unspecified atom stereocenters. The first-order valence-electron chi connectivity index (χ1n) is 13.0. The van der Waals surface area contributed by atoms with Crippen molar-refractivity contribution in [3.05, 3.63) is 36.5 Å². The Labute approximate surface area is 230 Å². The van der Waals surface area contributed by atoms with Crippen LogP contribution >= 0.6 is 0 Å². The fourth-order valence-corrected chi connectivity index (χ4v) is 3.01. The van der Waals surface area contributed by atoms with Crippen molar-refractivity contribution >= 4 is 35.8 Å². The van der Waals surface area contributed by atoms with Gasteiger partial charge < -0.3 is 30.2 Å². The lowest BCUT2D eigenvalue weighted by molar-refractivity contribution is -0.139. The van der Waals surface area contributed by atoms with Crippen LogP contribution in [0.3, 0.4) is 0 Å². The molecule has 12 heteroatoms. The molecule has 0 aliphatic heterocycles. The Morgan fingerprint density at radius 3 is 1.59 bits per heavy atom. The minimum Gasteiger partial charge on any atom is -0.462 e. The zero-order valence-corrected chi connectivity index (χ0v) is 23.4. The van der Waals surface area contributed by atoms with Crippen LogP contribution in [0.25, 0.3) is 0 Å². The fraction of sp³-hybridized carbons (Fsp3) is 0.556. The summed E-state index contributed by atoms with van der Waals surface area (Å²) in [5.41, 5.74) is 7.05. The average Bonchev–Trinajstić information content (AvgIpc) is 2.87. The molecule has 0 aliphatic carbocycles. The first-order chi connectivity index (χ1) is 18.5. The van der Waals surface area contributed by atoms with Gasteiger partial charge in [-0.1, -0.05) is 19.7 Å². The van der Waals surface area contributed by atoms with Gasteiger partial charge in [-0.2, -0.15) is 15.0 Å². The fourth-order valence-electron chi connectivity index (χ4n) is 3.01. The Bertz CT molecular complexity index is 976. The topological polar surface area (TPSA) is 159 Å². The van der Waals surface area contributed by atoms with Crippen molar-refractivity contribution < 1.29 is 28.6 Å². The molecule has 12 nitrogen and oxygen atoms in total. The summed E-state index contributed by atoms with van der Waals surface area (Å²) in [5.74, 6) is -0.391. The molecule has 0 bridgehead atoms. The number of aromatic nitrogens is 3. The molecule has 3 N–H and O–H groups in total. The Morgan fingerprint density at radius 1 is 0.718 bits per heavy atom. The lowest BCUT2D eigenvalue weighted by Gasteiger charge is -2.23. The molecule has 0 spiro atoms. The highest BCUT2D eigenvalue weighted by molar-refractivity contribution is 5.87. The molecule has 0 radical (unpaired) electrons. The van der Waals surface area contributed by atoms with Gasteiger partial charge in [0.2, 0.25) is 17.8 Å². The maximum Gasteiger partial charge on any atom is 0.333 e. The van der Waals surface area contributed by atoms with Crippen molar-refractivity contribution in [3.63, 3.8) is 0 Å². The number of ether oxygens (including phenoxy) is 3. The number of unbranched alkanes of at least 4 members (excludes halogenated alkanes) is 3. The standard InChI is InChI=1S/C27H42N6O6/c1-19(2)22(34)37-16-10-7-13-29-26-30-25(28)31-27(32-26)33(14-8-11-17-38-23(35)20(3)4)15-9-12-18-39-24(36)21(5)6/h1,3,5,7-18H2,2,4,6H3,(H3,28,29,30,31,32). The van der Waals surface area contributed by atoms with Gasteiger partial charge >= 0.3 is 17.9 Å². The minimum atomic E-state index is -0.411. The van der Waals surface area contributed by atoms with Crippen molar-refractivity contribution in [2.45, 2.75) is 59.3 Å². The molecular weight excluding hydrogens is 504 g/mol. The van der Waals surface area contributed by atoms with E-state index in [1.165, 1.54) is 0 Å². The molecule has 1 aromatic rings. The van der Waals surface area contributed by atoms with Crippen LogP contribution in [0.1, 0.15) is 59.3 Å². The third-order valence-corrected chi connectivity index (χ3v) is 5.17. The van der Waals surface area contributed by atoms with Crippen LogP contribution in [0.5, 0.6) is 0 Å². The van der Waals surface area contributed by atoms with Crippen LogP contribution < -0.4 is 16.0 Å². The van der Waals surface area contributed by atoms with Gasteiger partial charge in [0, 0.05) is 36.4 Å². The van der Waals surface area contributed by atoms with Crippen LogP contribution in [0.4, 0.5) is 17.8 Å². The Balaban J connectivity index is 2.69. The third kappa shape index (κ3) is 14.5. The maximum absolute atomic E-state index is 11.6. The van der Waals surface area contributed by atoms with E-state index in [0.29, 0.717) is 87.0 Å². The number of nitrogen functional groups attached to an aromatic ring is 1. The number of nitrogens with zero attached hydrogens (tertiary/aromatic N) is 4. The van der Waals surface area contributed by atoms with Crippen LogP contribution in [-0.2, 0) is 28.6 Å². The maximum atomic E-state index is 11.6. The largest absolute Gasteiger partial charge is 0.462 e. The van der Waals surface area contributed by atoms with Gasteiger partial charge in [-0.25, -0.2) is 14.4 Å². The smallest absolute Gasteiger partial charge is 0.333 e. The van der Waals surface area contributed by atoms with E-state index in [1.54, 1.807) is 20.8 Å². The lowest BCUT2D eigenvalue weighted by atomic mass is 10.2. The van der Waals surface area contributed by atoms with E-state index in [0.717, 1.165) is 6.42 Å². The highest BCUT2D eigenvalue weighted by Gasteiger charge is 2.14. The van der Waals surface area contributed by atoms with Gasteiger partial charge in [0.25, 0.3) is 0 Å². The second-order valence-corrected chi connectivity index (χ2v) is 9.10. The molecule has 1 aromatic heterocycles. The number of carbonyl (C=O) groups is 3. The van der Waals surface area contributed by atoms with Crippen molar-refractivity contribution in [2.75, 3.05) is 55.4 Å². The van der Waals surface area contributed by atoms with Crippen LogP contribution in [0, 0.1) is 0 Å². The van der Waals surface area contributed by atoms with E-state index in [1.807, 2.05) is 4.90 Å².